The van der Waals surface area contributed by atoms with Gasteiger partial charge in [-0.2, -0.15) is 0 Å². The van der Waals surface area contributed by atoms with Crippen LogP contribution in [0.1, 0.15) is 126 Å². The van der Waals surface area contributed by atoms with Gasteiger partial charge in [0, 0.05) is 104 Å². The first-order valence-electron chi connectivity index (χ1n) is 27.3. The van der Waals surface area contributed by atoms with E-state index >= 15 is 0 Å². The average molecular weight is 1070 g/mol. The highest BCUT2D eigenvalue weighted by molar-refractivity contribution is 7.90. The van der Waals surface area contributed by atoms with Crippen molar-refractivity contribution < 1.29 is 36.0 Å². The zero-order valence-electron chi connectivity index (χ0n) is 45.0. The maximum atomic E-state index is 13.7. The lowest BCUT2D eigenvalue weighted by atomic mass is 9.97. The van der Waals surface area contributed by atoms with Crippen LogP contribution < -0.4 is 0 Å². The third-order valence-electron chi connectivity index (χ3n) is 15.9. The van der Waals surface area contributed by atoms with Crippen molar-refractivity contribution in [1.82, 2.24) is 32.4 Å². The van der Waals surface area contributed by atoms with Gasteiger partial charge < -0.3 is 24.3 Å². The van der Waals surface area contributed by atoms with Crippen LogP contribution in [0.4, 0.5) is 4.79 Å². The molecule has 15 nitrogen and oxygen atoms in total. The Morgan fingerprint density at radius 2 is 1.00 bits per heavy atom. The second kappa shape index (κ2) is 21.4. The smallest absolute Gasteiger partial charge is 0.410 e. The van der Waals surface area contributed by atoms with Crippen molar-refractivity contribution in [3.63, 3.8) is 0 Å². The summed E-state index contributed by atoms with van der Waals surface area (Å²) < 4.78 is 62.2. The molecular formula is C59H73N7O8S2. The molecule has 0 unspecified atom stereocenters. The molecule has 11 rings (SSSR count). The Morgan fingerprint density at radius 1 is 0.553 bits per heavy atom. The van der Waals surface area contributed by atoms with E-state index in [2.05, 4.69) is 47.2 Å². The number of benzene rings is 4. The van der Waals surface area contributed by atoms with Gasteiger partial charge in [-0.3, -0.25) is 14.5 Å². The molecule has 0 N–H and O–H groups in total. The number of rotatable bonds is 9. The van der Waals surface area contributed by atoms with E-state index in [1.165, 1.54) is 20.7 Å². The molecule has 0 spiro atoms. The molecule has 5 aliphatic heterocycles. The highest BCUT2D eigenvalue weighted by Gasteiger charge is 2.36. The molecule has 404 valence electrons. The number of carbonyl (C=O) groups excluding carboxylic acids is 3. The fraction of sp³-hybridized carbons (Fsp3) is 0.475. The summed E-state index contributed by atoms with van der Waals surface area (Å²) in [5, 5.41) is 1.61. The predicted molar refractivity (Wildman–Crippen MR) is 298 cm³/mol. The lowest BCUT2D eigenvalue weighted by molar-refractivity contribution is 0.0224. The molecule has 76 heavy (non-hydrogen) atoms. The van der Waals surface area contributed by atoms with Crippen molar-refractivity contribution in [2.75, 3.05) is 57.8 Å². The van der Waals surface area contributed by atoms with E-state index in [0.717, 1.165) is 79.6 Å². The third kappa shape index (κ3) is 10.7. The van der Waals surface area contributed by atoms with Gasteiger partial charge in [-0.1, -0.05) is 62.4 Å². The minimum absolute atomic E-state index is 0.0160. The number of amides is 3. The van der Waals surface area contributed by atoms with E-state index in [1.807, 2.05) is 80.8 Å². The largest absolute Gasteiger partial charge is 0.444 e. The fourth-order valence-corrected chi connectivity index (χ4v) is 15.5. The van der Waals surface area contributed by atoms with Gasteiger partial charge in [0.25, 0.3) is 11.8 Å². The summed E-state index contributed by atoms with van der Waals surface area (Å²) in [4.78, 5) is 50.4. The molecule has 3 amide bonds. The van der Waals surface area contributed by atoms with Crippen LogP contribution >= 0.6 is 0 Å². The van der Waals surface area contributed by atoms with Gasteiger partial charge in [-0.05, 0) is 144 Å². The van der Waals surface area contributed by atoms with Crippen molar-refractivity contribution in [2.24, 2.45) is 0 Å². The summed E-state index contributed by atoms with van der Waals surface area (Å²) in [7, 11) is -4.90. The van der Waals surface area contributed by atoms with E-state index in [9.17, 15) is 31.2 Å². The first-order chi connectivity index (χ1) is 36.3. The quantitative estimate of drug-likeness (QED) is 0.138. The minimum Gasteiger partial charge on any atom is -0.444 e. The fourth-order valence-electron chi connectivity index (χ4n) is 12.1. The lowest BCUT2D eigenvalue weighted by Gasteiger charge is -2.39. The zero-order valence-corrected chi connectivity index (χ0v) is 46.6. The minimum atomic E-state index is -3.60. The second-order valence-electron chi connectivity index (χ2n) is 22.4. The van der Waals surface area contributed by atoms with Crippen molar-refractivity contribution in [3.05, 3.63) is 141 Å². The van der Waals surface area contributed by atoms with E-state index in [-0.39, 0.29) is 29.9 Å². The molecule has 0 radical (unpaired) electrons. The number of aromatic nitrogens is 2. The monoisotopic (exact) mass is 1070 g/mol. The summed E-state index contributed by atoms with van der Waals surface area (Å²) in [6.45, 7) is 16.1. The highest BCUT2D eigenvalue weighted by Crippen LogP contribution is 2.37. The van der Waals surface area contributed by atoms with Crippen molar-refractivity contribution in [2.45, 2.75) is 124 Å². The Balaban J connectivity index is 0.000000173. The Labute approximate surface area is 448 Å². The molecular weight excluding hydrogens is 999 g/mol. The molecule has 17 heteroatoms. The standard InChI is InChI=1S/C30H38N4O3S.C29H35N3O5S/c1-3-18-38(36,37)34-28-9-8-23(30(35)33-16-10-22-6-4-5-7-24(22)20-33)19-26(28)27-21-32(17-13-29(27)34)25-11-14-31(2)15-12-25;1-5-16-38(35,36)32-25-11-10-21(27(33)30-14-12-20-8-6-7-9-22(20)18-30)17-23(25)24-19-31(15-13-26(24)32)28(34)37-29(2,3)4/h4-9,19,25H,3,10-18,20-21H2,1-2H3;6-11,17H,5,12-16,18-19H2,1-4H3. The first kappa shape index (κ1) is 53.4. The number of ether oxygens (including phenoxy) is 1. The maximum Gasteiger partial charge on any atom is 0.410 e. The number of piperidine rings is 1. The van der Waals surface area contributed by atoms with Gasteiger partial charge in [0.15, 0.2) is 0 Å². The maximum absolute atomic E-state index is 13.7. The number of hydrogen-bond donors (Lipinski definition) is 0. The van der Waals surface area contributed by atoms with Gasteiger partial charge >= 0.3 is 6.09 Å². The van der Waals surface area contributed by atoms with Crippen LogP contribution in [-0.4, -0.2) is 137 Å². The normalized spacial score (nSPS) is 17.6. The zero-order chi connectivity index (χ0) is 53.7. The van der Waals surface area contributed by atoms with Crippen molar-refractivity contribution >= 4 is 59.8 Å². The number of fused-ring (bicyclic) bond motifs is 8. The van der Waals surface area contributed by atoms with Crippen LogP contribution in [0.25, 0.3) is 21.8 Å². The Morgan fingerprint density at radius 3 is 1.47 bits per heavy atom. The molecule has 0 atom stereocenters. The Bertz CT molecular complexity index is 3440. The van der Waals surface area contributed by atoms with Crippen molar-refractivity contribution in [3.8, 4) is 0 Å². The molecule has 0 bridgehead atoms. The molecule has 1 fully saturated rings. The Hall–Kier alpha value is -6.01. The molecule has 5 aliphatic rings. The van der Waals surface area contributed by atoms with Crippen LogP contribution in [0.3, 0.4) is 0 Å². The van der Waals surface area contributed by atoms with Crippen molar-refractivity contribution in [1.29, 1.82) is 0 Å². The van der Waals surface area contributed by atoms with E-state index in [4.69, 9.17) is 4.74 Å². The molecule has 7 heterocycles. The molecule has 4 aromatic carbocycles. The number of carbonyl (C=O) groups is 3. The molecule has 2 aromatic heterocycles. The summed E-state index contributed by atoms with van der Waals surface area (Å²) in [6.07, 6.45) is 5.67. The van der Waals surface area contributed by atoms with Crippen LogP contribution in [0.5, 0.6) is 0 Å². The van der Waals surface area contributed by atoms with Gasteiger partial charge in [0.1, 0.15) is 5.60 Å². The number of hydrogen-bond acceptors (Lipinski definition) is 10. The topological polar surface area (TPSA) is 155 Å². The van der Waals surface area contributed by atoms with Gasteiger partial charge in [0.2, 0.25) is 20.0 Å². The van der Waals surface area contributed by atoms with Crippen LogP contribution in [0.2, 0.25) is 0 Å². The summed E-state index contributed by atoms with van der Waals surface area (Å²) in [6, 6.07) is 27.9. The summed E-state index contributed by atoms with van der Waals surface area (Å²) >= 11 is 0. The van der Waals surface area contributed by atoms with E-state index in [1.54, 1.807) is 27.1 Å². The number of nitrogens with zero attached hydrogens (tertiary/aromatic N) is 7. The first-order valence-corrected chi connectivity index (χ1v) is 30.5. The Kier molecular flexibility index (Phi) is 15.1. The van der Waals surface area contributed by atoms with Gasteiger partial charge in [-0.15, -0.1) is 0 Å². The van der Waals surface area contributed by atoms with Crippen LogP contribution in [0.15, 0.2) is 84.9 Å². The SMILES string of the molecule is CCCS(=O)(=O)n1c2c(c3cc(C(=O)N4CCc5ccccc5C4)ccc31)CN(C(=O)OC(C)(C)C)CC2.CCCS(=O)(=O)n1c2c(c3cc(C(=O)N4CCc5ccccc5C4)ccc31)CN(C1CCN(C)CC1)CC2. The lowest BCUT2D eigenvalue weighted by Crippen LogP contribution is -2.45. The van der Waals surface area contributed by atoms with Gasteiger partial charge in [-0.25, -0.2) is 29.6 Å². The second-order valence-corrected chi connectivity index (χ2v) is 26.2. The van der Waals surface area contributed by atoms with Gasteiger partial charge in [0.05, 0.1) is 29.1 Å². The van der Waals surface area contributed by atoms with E-state index < -0.39 is 31.7 Å². The molecule has 6 aromatic rings. The number of likely N-dealkylation sites (tertiary alicyclic amines) is 1. The highest BCUT2D eigenvalue weighted by atomic mass is 32.2. The predicted octanol–water partition coefficient (Wildman–Crippen LogP) is 8.60. The summed E-state index contributed by atoms with van der Waals surface area (Å²) in [5.41, 5.74) is 10.2. The van der Waals surface area contributed by atoms with Crippen LogP contribution in [-0.2, 0) is 76.6 Å². The average Bonchev–Trinajstić information content (AvgIpc) is 3.92. The molecule has 0 aliphatic carbocycles. The third-order valence-corrected chi connectivity index (χ3v) is 19.7. The van der Waals surface area contributed by atoms with Crippen LogP contribution in [0, 0.1) is 0 Å². The molecule has 1 saturated heterocycles. The summed E-state index contributed by atoms with van der Waals surface area (Å²) in [5.74, 6) is 0.0734. The van der Waals surface area contributed by atoms with E-state index in [0.29, 0.717) is 97.7 Å². The molecule has 0 saturated carbocycles.